The number of nitrogens with zero attached hydrogens (tertiary/aromatic N) is 2. The number of hydrogen-bond acceptors (Lipinski definition) is 2. The van der Waals surface area contributed by atoms with Crippen molar-refractivity contribution in [1.82, 2.24) is 9.97 Å². The van der Waals surface area contributed by atoms with E-state index >= 15 is 0 Å². The largest absolute Gasteiger partial charge is 0.237 e. The summed E-state index contributed by atoms with van der Waals surface area (Å²) in [6, 6.07) is 0. The molecule has 0 aliphatic heterocycles. The van der Waals surface area contributed by atoms with Crippen molar-refractivity contribution < 1.29 is 0 Å². The molecule has 0 aliphatic carbocycles. The van der Waals surface area contributed by atoms with Crippen molar-refractivity contribution in [2.24, 2.45) is 0 Å². The van der Waals surface area contributed by atoms with Gasteiger partial charge in [-0.3, -0.25) is 0 Å². The Hall–Kier alpha value is -1.18. The van der Waals surface area contributed by atoms with Crippen LogP contribution in [0.25, 0.3) is 6.08 Å². The molecule has 1 aromatic heterocycles. The molecule has 0 N–H and O–H groups in total. The van der Waals surface area contributed by atoms with E-state index < -0.39 is 0 Å². The van der Waals surface area contributed by atoms with Gasteiger partial charge in [0.15, 0.2) is 5.82 Å². The third-order valence-electron chi connectivity index (χ3n) is 1.54. The van der Waals surface area contributed by atoms with E-state index in [1.54, 1.807) is 6.08 Å². The summed E-state index contributed by atoms with van der Waals surface area (Å²) in [6.45, 7) is 7.82. The number of aromatic nitrogens is 2. The van der Waals surface area contributed by atoms with Gasteiger partial charge in [0.1, 0.15) is 0 Å². The minimum absolute atomic E-state index is 0.494. The Morgan fingerprint density at radius 1 is 1.36 bits per heavy atom. The summed E-state index contributed by atoms with van der Waals surface area (Å²) in [5, 5.41) is 0. The van der Waals surface area contributed by atoms with Crippen molar-refractivity contribution in [1.29, 1.82) is 0 Å². The predicted octanol–water partition coefficient (Wildman–Crippen LogP) is 2.24. The molecule has 0 aromatic carbocycles. The first-order chi connectivity index (χ1) is 5.24. The van der Waals surface area contributed by atoms with Crippen LogP contribution < -0.4 is 0 Å². The maximum Gasteiger partial charge on any atom is 0.151 e. The third kappa shape index (κ3) is 1.87. The lowest BCUT2D eigenvalue weighted by molar-refractivity contribution is 0.843. The first kappa shape index (κ1) is 7.92. The van der Waals surface area contributed by atoms with Crippen LogP contribution in [0, 0.1) is 0 Å². The van der Waals surface area contributed by atoms with E-state index in [2.05, 4.69) is 30.4 Å². The maximum absolute atomic E-state index is 4.09. The second-order valence-corrected chi connectivity index (χ2v) is 2.73. The molecule has 1 aromatic rings. The second-order valence-electron chi connectivity index (χ2n) is 2.73. The molecule has 0 aliphatic rings. The highest BCUT2D eigenvalue weighted by Crippen LogP contribution is 2.10. The smallest absolute Gasteiger partial charge is 0.151 e. The first-order valence-corrected chi connectivity index (χ1v) is 3.68. The molecule has 0 radical (unpaired) electrons. The Morgan fingerprint density at radius 3 is 2.27 bits per heavy atom. The minimum Gasteiger partial charge on any atom is -0.237 e. The molecule has 58 valence electrons. The van der Waals surface area contributed by atoms with Gasteiger partial charge in [-0.1, -0.05) is 20.4 Å². The highest BCUT2D eigenvalue weighted by Gasteiger charge is 1.98. The van der Waals surface area contributed by atoms with Gasteiger partial charge >= 0.3 is 0 Å². The van der Waals surface area contributed by atoms with Crippen LogP contribution in [0.5, 0.6) is 0 Å². The van der Waals surface area contributed by atoms with Gasteiger partial charge in [0, 0.05) is 12.4 Å². The summed E-state index contributed by atoms with van der Waals surface area (Å²) in [7, 11) is 0. The van der Waals surface area contributed by atoms with Crippen LogP contribution in [-0.4, -0.2) is 9.97 Å². The molecule has 0 unspecified atom stereocenters. The molecule has 0 fully saturated rings. The molecular formula is C9H12N2. The molecule has 2 heteroatoms. The predicted molar refractivity (Wildman–Crippen MR) is 46.2 cm³/mol. The Balaban J connectivity index is 2.91. The van der Waals surface area contributed by atoms with E-state index in [9.17, 15) is 0 Å². The van der Waals surface area contributed by atoms with Crippen molar-refractivity contribution in [3.8, 4) is 0 Å². The standard InChI is InChI=1S/C9H12N2/c1-4-9-10-5-8(6-11-9)7(2)3/h4-7H,1H2,2-3H3. The lowest BCUT2D eigenvalue weighted by Crippen LogP contribution is -1.92. The van der Waals surface area contributed by atoms with Crippen molar-refractivity contribution in [3.63, 3.8) is 0 Å². The lowest BCUT2D eigenvalue weighted by atomic mass is 10.1. The zero-order valence-electron chi connectivity index (χ0n) is 6.91. The molecule has 0 atom stereocenters. The minimum atomic E-state index is 0.494. The van der Waals surface area contributed by atoms with Crippen LogP contribution in [0.3, 0.4) is 0 Å². The Labute approximate surface area is 67.0 Å². The summed E-state index contributed by atoms with van der Waals surface area (Å²) >= 11 is 0. The van der Waals surface area contributed by atoms with Crippen LogP contribution >= 0.6 is 0 Å². The summed E-state index contributed by atoms with van der Waals surface area (Å²) < 4.78 is 0. The van der Waals surface area contributed by atoms with Gasteiger partial charge in [-0.15, -0.1) is 0 Å². The average molecular weight is 148 g/mol. The normalized spacial score (nSPS) is 10.1. The zero-order chi connectivity index (χ0) is 8.27. The van der Waals surface area contributed by atoms with Gasteiger partial charge < -0.3 is 0 Å². The van der Waals surface area contributed by atoms with E-state index in [0.29, 0.717) is 11.7 Å². The topological polar surface area (TPSA) is 25.8 Å². The Morgan fingerprint density at radius 2 is 1.91 bits per heavy atom. The summed E-state index contributed by atoms with van der Waals surface area (Å²) in [5.74, 6) is 1.18. The summed E-state index contributed by atoms with van der Waals surface area (Å²) in [4.78, 5) is 8.18. The monoisotopic (exact) mass is 148 g/mol. The fraction of sp³-hybridized carbons (Fsp3) is 0.333. The fourth-order valence-electron chi connectivity index (χ4n) is 0.752. The summed E-state index contributed by atoms with van der Waals surface area (Å²) in [6.07, 6.45) is 5.33. The van der Waals surface area contributed by atoms with Gasteiger partial charge in [-0.25, -0.2) is 9.97 Å². The molecule has 0 spiro atoms. The van der Waals surface area contributed by atoms with Crippen LogP contribution in [0.2, 0.25) is 0 Å². The average Bonchev–Trinajstić information content (AvgIpc) is 2.05. The van der Waals surface area contributed by atoms with E-state index in [-0.39, 0.29) is 0 Å². The molecule has 11 heavy (non-hydrogen) atoms. The molecular weight excluding hydrogens is 136 g/mol. The van der Waals surface area contributed by atoms with Gasteiger partial charge in [0.25, 0.3) is 0 Å². The molecule has 0 saturated carbocycles. The highest BCUT2D eigenvalue weighted by molar-refractivity contribution is 5.35. The molecule has 0 amide bonds. The van der Waals surface area contributed by atoms with E-state index in [0.717, 1.165) is 5.56 Å². The van der Waals surface area contributed by atoms with Crippen molar-refractivity contribution >= 4 is 6.08 Å². The Bertz CT molecular complexity index is 236. The van der Waals surface area contributed by atoms with Gasteiger partial charge in [0.05, 0.1) is 0 Å². The van der Waals surface area contributed by atoms with Crippen molar-refractivity contribution in [2.45, 2.75) is 19.8 Å². The van der Waals surface area contributed by atoms with Crippen molar-refractivity contribution in [2.75, 3.05) is 0 Å². The Kier molecular flexibility index (Phi) is 2.36. The molecule has 0 bridgehead atoms. The molecule has 2 nitrogen and oxygen atoms in total. The van der Waals surface area contributed by atoms with Crippen LogP contribution in [0.15, 0.2) is 19.0 Å². The maximum atomic E-state index is 4.09. The van der Waals surface area contributed by atoms with E-state index in [1.807, 2.05) is 12.4 Å². The van der Waals surface area contributed by atoms with Crippen LogP contribution in [0.4, 0.5) is 0 Å². The highest BCUT2D eigenvalue weighted by atomic mass is 14.8. The van der Waals surface area contributed by atoms with E-state index in [1.165, 1.54) is 0 Å². The van der Waals surface area contributed by atoms with Crippen LogP contribution in [-0.2, 0) is 0 Å². The van der Waals surface area contributed by atoms with Crippen LogP contribution in [0.1, 0.15) is 31.2 Å². The van der Waals surface area contributed by atoms with Gasteiger partial charge in [-0.05, 0) is 17.6 Å². The second kappa shape index (κ2) is 3.28. The zero-order valence-corrected chi connectivity index (χ0v) is 6.91. The van der Waals surface area contributed by atoms with Gasteiger partial charge in [-0.2, -0.15) is 0 Å². The molecule has 1 rings (SSSR count). The molecule has 1 heterocycles. The molecule has 0 saturated heterocycles. The SMILES string of the molecule is C=Cc1ncc(C(C)C)cn1. The lowest BCUT2D eigenvalue weighted by Gasteiger charge is -2.02. The van der Waals surface area contributed by atoms with Gasteiger partial charge in [0.2, 0.25) is 0 Å². The van der Waals surface area contributed by atoms with E-state index in [4.69, 9.17) is 0 Å². The fourth-order valence-corrected chi connectivity index (χ4v) is 0.752. The quantitative estimate of drug-likeness (QED) is 0.642. The van der Waals surface area contributed by atoms with Crippen molar-refractivity contribution in [3.05, 3.63) is 30.4 Å². The number of hydrogen-bond donors (Lipinski definition) is 0. The first-order valence-electron chi connectivity index (χ1n) is 3.68. The third-order valence-corrected chi connectivity index (χ3v) is 1.54. The number of rotatable bonds is 2. The summed E-state index contributed by atoms with van der Waals surface area (Å²) in [5.41, 5.74) is 1.16.